The van der Waals surface area contributed by atoms with Crippen LogP contribution in [0.15, 0.2) is 54.9 Å². The van der Waals surface area contributed by atoms with E-state index in [9.17, 15) is 4.79 Å². The van der Waals surface area contributed by atoms with Gasteiger partial charge in [-0.15, -0.1) is 0 Å². The number of pyridine rings is 1. The Hall–Kier alpha value is -2.33. The van der Waals surface area contributed by atoms with E-state index in [0.717, 1.165) is 36.3 Å². The first-order valence-electron chi connectivity index (χ1n) is 9.63. The molecule has 3 rings (SSSR count). The van der Waals surface area contributed by atoms with Gasteiger partial charge < -0.3 is 9.72 Å². The molecule has 142 valence electrons. The normalized spacial score (nSPS) is 12.2. The van der Waals surface area contributed by atoms with Crippen molar-refractivity contribution in [1.29, 1.82) is 0 Å². The zero-order chi connectivity index (χ0) is 19.1. The maximum Gasteiger partial charge on any atom is 0.221 e. The van der Waals surface area contributed by atoms with Crippen LogP contribution in [0.1, 0.15) is 56.2 Å². The predicted molar refractivity (Wildman–Crippen MR) is 110 cm³/mol. The fourth-order valence-electron chi connectivity index (χ4n) is 3.35. The molecule has 1 aromatic carbocycles. The molecule has 0 aliphatic heterocycles. The number of unbranched alkanes of at least 4 members (excludes halogenated alkanes) is 3. The second-order valence-corrected chi connectivity index (χ2v) is 7.27. The molecule has 5 heteroatoms. The third-order valence-electron chi connectivity index (χ3n) is 4.80. The second-order valence-electron chi connectivity index (χ2n) is 6.84. The Morgan fingerprint density at radius 2 is 1.96 bits per heavy atom. The Morgan fingerprint density at radius 3 is 2.74 bits per heavy atom. The molecule has 27 heavy (non-hydrogen) atoms. The minimum Gasteiger partial charge on any atom is -0.356 e. The Morgan fingerprint density at radius 1 is 1.15 bits per heavy atom. The molecule has 0 saturated carbocycles. The van der Waals surface area contributed by atoms with Gasteiger partial charge in [-0.05, 0) is 24.1 Å². The van der Waals surface area contributed by atoms with Gasteiger partial charge in [0.1, 0.15) is 5.65 Å². The minimum atomic E-state index is -0.0738. The van der Waals surface area contributed by atoms with Crippen molar-refractivity contribution in [1.82, 2.24) is 14.7 Å². The Kier molecular flexibility index (Phi) is 6.88. The highest BCUT2D eigenvalue weighted by Gasteiger charge is 2.21. The smallest absolute Gasteiger partial charge is 0.221 e. The van der Waals surface area contributed by atoms with E-state index in [0.29, 0.717) is 11.4 Å². The lowest BCUT2D eigenvalue weighted by molar-refractivity contribution is -0.121. The molecule has 0 radical (unpaired) electrons. The molecule has 1 unspecified atom stereocenters. The molecule has 0 fully saturated rings. The summed E-state index contributed by atoms with van der Waals surface area (Å²) in [5.74, 6) is -0.00682. The van der Waals surface area contributed by atoms with E-state index in [4.69, 9.17) is 11.6 Å². The number of carbonyl (C=O) groups excluding carboxylic acids is 1. The fraction of sp³-hybridized carbons (Fsp3) is 0.364. The zero-order valence-corrected chi connectivity index (χ0v) is 16.5. The zero-order valence-electron chi connectivity index (χ0n) is 15.7. The van der Waals surface area contributed by atoms with Gasteiger partial charge in [0, 0.05) is 31.3 Å². The van der Waals surface area contributed by atoms with Crippen LogP contribution in [0.4, 0.5) is 0 Å². The largest absolute Gasteiger partial charge is 0.356 e. The van der Waals surface area contributed by atoms with Gasteiger partial charge in [-0.25, -0.2) is 4.98 Å². The summed E-state index contributed by atoms with van der Waals surface area (Å²) in [6, 6.07) is 13.8. The quantitative estimate of drug-likeness (QED) is 0.516. The number of aromatic nitrogens is 2. The van der Waals surface area contributed by atoms with Gasteiger partial charge in [0.15, 0.2) is 0 Å². The lowest BCUT2D eigenvalue weighted by atomic mass is 9.92. The second kappa shape index (κ2) is 9.56. The molecule has 0 aliphatic rings. The number of carbonyl (C=O) groups is 1. The monoisotopic (exact) mass is 383 g/mol. The average molecular weight is 384 g/mol. The van der Waals surface area contributed by atoms with Crippen LogP contribution < -0.4 is 5.32 Å². The predicted octanol–water partition coefficient (Wildman–Crippen LogP) is 5.21. The van der Waals surface area contributed by atoms with E-state index >= 15 is 0 Å². The summed E-state index contributed by atoms with van der Waals surface area (Å²) < 4.78 is 1.98. The third-order valence-corrected chi connectivity index (χ3v) is 5.02. The number of rotatable bonds is 9. The molecule has 0 bridgehead atoms. The minimum absolute atomic E-state index is 0.0670. The van der Waals surface area contributed by atoms with Crippen molar-refractivity contribution in [3.05, 3.63) is 71.1 Å². The van der Waals surface area contributed by atoms with Crippen LogP contribution in [0.5, 0.6) is 0 Å². The van der Waals surface area contributed by atoms with Crippen LogP contribution in [0.25, 0.3) is 5.65 Å². The summed E-state index contributed by atoms with van der Waals surface area (Å²) in [5.41, 5.74) is 2.90. The molecule has 0 spiro atoms. The van der Waals surface area contributed by atoms with Crippen molar-refractivity contribution in [2.24, 2.45) is 0 Å². The first-order valence-corrected chi connectivity index (χ1v) is 10.0. The fourth-order valence-corrected chi connectivity index (χ4v) is 3.51. The summed E-state index contributed by atoms with van der Waals surface area (Å²) in [5, 5.41) is 3.72. The Labute approximate surface area is 165 Å². The number of nitrogens with zero attached hydrogens (tertiary/aromatic N) is 2. The molecule has 3 aromatic rings. The molecule has 2 heterocycles. The number of halogens is 1. The van der Waals surface area contributed by atoms with Gasteiger partial charge in [0.2, 0.25) is 5.91 Å². The number of hydrogen-bond acceptors (Lipinski definition) is 2. The standard InChI is InChI=1S/C22H26ClN3O/c1-2-3-4-8-13-24-22(27)14-19(17-9-6-5-7-10-17)20-15-25-21-12-11-18(23)16-26(20)21/h5-7,9-12,15-16,19H,2-4,8,13-14H2,1H3,(H,24,27). The van der Waals surface area contributed by atoms with E-state index in [1.807, 2.05) is 47.1 Å². The highest BCUT2D eigenvalue weighted by molar-refractivity contribution is 6.30. The topological polar surface area (TPSA) is 46.4 Å². The van der Waals surface area contributed by atoms with Crippen LogP contribution in [-0.4, -0.2) is 21.8 Å². The van der Waals surface area contributed by atoms with Crippen LogP contribution in [0.3, 0.4) is 0 Å². The van der Waals surface area contributed by atoms with Crippen molar-refractivity contribution in [2.45, 2.75) is 44.9 Å². The number of fused-ring (bicyclic) bond motifs is 1. The Balaban J connectivity index is 1.80. The van der Waals surface area contributed by atoms with E-state index < -0.39 is 0 Å². The first kappa shape index (κ1) is 19.4. The van der Waals surface area contributed by atoms with Crippen LogP contribution >= 0.6 is 11.6 Å². The van der Waals surface area contributed by atoms with Gasteiger partial charge in [-0.2, -0.15) is 0 Å². The average Bonchev–Trinajstić information content (AvgIpc) is 3.09. The lowest BCUT2D eigenvalue weighted by Gasteiger charge is -2.17. The summed E-state index contributed by atoms with van der Waals surface area (Å²) in [4.78, 5) is 17.1. The van der Waals surface area contributed by atoms with Gasteiger partial charge in [0.05, 0.1) is 10.7 Å². The molecule has 0 aliphatic carbocycles. The molecular weight excluding hydrogens is 358 g/mol. The maximum atomic E-state index is 12.6. The van der Waals surface area contributed by atoms with Crippen molar-refractivity contribution in [3.63, 3.8) is 0 Å². The van der Waals surface area contributed by atoms with E-state index in [-0.39, 0.29) is 11.8 Å². The number of nitrogens with one attached hydrogen (secondary N) is 1. The van der Waals surface area contributed by atoms with Crippen LogP contribution in [0, 0.1) is 0 Å². The number of benzene rings is 1. The van der Waals surface area contributed by atoms with Crippen molar-refractivity contribution < 1.29 is 4.79 Å². The SMILES string of the molecule is CCCCCCNC(=O)CC(c1ccccc1)c1cnc2ccc(Cl)cn12. The summed E-state index contributed by atoms with van der Waals surface area (Å²) in [7, 11) is 0. The van der Waals surface area contributed by atoms with Gasteiger partial charge >= 0.3 is 0 Å². The van der Waals surface area contributed by atoms with Crippen molar-refractivity contribution >= 4 is 23.2 Å². The number of hydrogen-bond donors (Lipinski definition) is 1. The summed E-state index contributed by atoms with van der Waals surface area (Å²) in [6.45, 7) is 2.92. The molecule has 1 atom stereocenters. The lowest BCUT2D eigenvalue weighted by Crippen LogP contribution is -2.26. The number of imidazole rings is 1. The van der Waals surface area contributed by atoms with Crippen LogP contribution in [0.2, 0.25) is 5.02 Å². The van der Waals surface area contributed by atoms with Crippen molar-refractivity contribution in [3.8, 4) is 0 Å². The van der Waals surface area contributed by atoms with Crippen molar-refractivity contribution in [2.75, 3.05) is 6.54 Å². The maximum absolute atomic E-state index is 12.6. The summed E-state index contributed by atoms with van der Waals surface area (Å²) >= 11 is 6.19. The third kappa shape index (κ3) is 5.10. The van der Waals surface area contributed by atoms with Gasteiger partial charge in [0.25, 0.3) is 0 Å². The van der Waals surface area contributed by atoms with E-state index in [1.54, 1.807) is 0 Å². The van der Waals surface area contributed by atoms with E-state index in [2.05, 4.69) is 29.4 Å². The highest BCUT2D eigenvalue weighted by Crippen LogP contribution is 2.29. The molecular formula is C22H26ClN3O. The summed E-state index contributed by atoms with van der Waals surface area (Å²) in [6.07, 6.45) is 8.69. The molecule has 1 N–H and O–H groups in total. The number of amides is 1. The molecule has 2 aromatic heterocycles. The Bertz CT molecular complexity index is 876. The van der Waals surface area contributed by atoms with Gasteiger partial charge in [-0.3, -0.25) is 4.79 Å². The molecule has 4 nitrogen and oxygen atoms in total. The molecule has 1 amide bonds. The highest BCUT2D eigenvalue weighted by atomic mass is 35.5. The van der Waals surface area contributed by atoms with Gasteiger partial charge in [-0.1, -0.05) is 68.1 Å². The first-order chi connectivity index (χ1) is 13.2. The van der Waals surface area contributed by atoms with E-state index in [1.165, 1.54) is 12.8 Å². The van der Waals surface area contributed by atoms with Crippen LogP contribution in [-0.2, 0) is 4.79 Å². The molecule has 0 saturated heterocycles.